The zero-order valence-electron chi connectivity index (χ0n) is 11.6. The molecule has 0 atom stereocenters. The average molecular weight is 274 g/mol. The van der Waals surface area contributed by atoms with Gasteiger partial charge < -0.3 is 10.6 Å². The molecule has 1 aromatic heterocycles. The van der Waals surface area contributed by atoms with Gasteiger partial charge in [-0.1, -0.05) is 6.92 Å². The van der Waals surface area contributed by atoms with Crippen molar-refractivity contribution in [3.8, 4) is 5.69 Å². The zero-order chi connectivity index (χ0) is 14.4. The highest BCUT2D eigenvalue weighted by Crippen LogP contribution is 2.17. The van der Waals surface area contributed by atoms with Gasteiger partial charge in [-0.2, -0.15) is 0 Å². The summed E-state index contributed by atoms with van der Waals surface area (Å²) in [5, 5.41) is 17.0. The minimum Gasteiger partial charge on any atom is -0.376 e. The van der Waals surface area contributed by atoms with Crippen molar-refractivity contribution in [3.05, 3.63) is 30.1 Å². The first-order valence-electron chi connectivity index (χ1n) is 6.55. The van der Waals surface area contributed by atoms with E-state index in [1.54, 1.807) is 11.0 Å². The molecule has 7 nitrogen and oxygen atoms in total. The van der Waals surface area contributed by atoms with Crippen LogP contribution in [0.15, 0.2) is 24.5 Å². The van der Waals surface area contributed by atoms with Gasteiger partial charge in [0, 0.05) is 12.2 Å². The van der Waals surface area contributed by atoms with E-state index in [2.05, 4.69) is 26.2 Å². The number of rotatable bonds is 6. The third-order valence-corrected chi connectivity index (χ3v) is 2.82. The number of benzene rings is 1. The quantitative estimate of drug-likeness (QED) is 0.818. The highest BCUT2D eigenvalue weighted by Gasteiger charge is 2.05. The Morgan fingerprint density at radius 2 is 2.25 bits per heavy atom. The van der Waals surface area contributed by atoms with Crippen LogP contribution in [0.5, 0.6) is 0 Å². The molecule has 0 spiro atoms. The lowest BCUT2D eigenvalue weighted by molar-refractivity contribution is -0.119. The maximum absolute atomic E-state index is 11.5. The summed E-state index contributed by atoms with van der Waals surface area (Å²) in [4.78, 5) is 11.5. The molecule has 0 unspecified atom stereocenters. The Balaban J connectivity index is 1.97. The van der Waals surface area contributed by atoms with Crippen LogP contribution in [0.3, 0.4) is 0 Å². The van der Waals surface area contributed by atoms with Gasteiger partial charge in [-0.3, -0.25) is 4.79 Å². The minimum atomic E-state index is -0.00550. The number of aryl methyl sites for hydroxylation is 1. The summed E-state index contributed by atoms with van der Waals surface area (Å²) in [5.41, 5.74) is 2.83. The zero-order valence-corrected chi connectivity index (χ0v) is 11.6. The number of aromatic nitrogens is 4. The lowest BCUT2D eigenvalue weighted by Gasteiger charge is -2.10. The van der Waals surface area contributed by atoms with Crippen LogP contribution in [0.2, 0.25) is 0 Å². The second-order valence-electron chi connectivity index (χ2n) is 4.46. The molecule has 0 aliphatic carbocycles. The number of carbonyl (C=O) groups excluding carboxylic acids is 1. The van der Waals surface area contributed by atoms with Gasteiger partial charge in [-0.05, 0) is 47.5 Å². The summed E-state index contributed by atoms with van der Waals surface area (Å²) < 4.78 is 1.60. The monoisotopic (exact) mass is 274 g/mol. The van der Waals surface area contributed by atoms with E-state index in [1.165, 1.54) is 0 Å². The number of hydrogen-bond donors (Lipinski definition) is 2. The Labute approximate surface area is 117 Å². The molecular formula is C13H18N6O. The van der Waals surface area contributed by atoms with E-state index in [4.69, 9.17) is 0 Å². The minimum absolute atomic E-state index is 0.00550. The van der Waals surface area contributed by atoms with Crippen LogP contribution in [0.4, 0.5) is 5.69 Å². The molecule has 0 aliphatic heterocycles. The lowest BCUT2D eigenvalue weighted by atomic mass is 10.2. The largest absolute Gasteiger partial charge is 0.376 e. The van der Waals surface area contributed by atoms with Gasteiger partial charge in [-0.25, -0.2) is 4.68 Å². The second kappa shape index (κ2) is 6.65. The molecule has 1 amide bonds. The maximum atomic E-state index is 11.5. The van der Waals surface area contributed by atoms with E-state index in [9.17, 15) is 4.79 Å². The number of amides is 1. The van der Waals surface area contributed by atoms with Crippen LogP contribution in [-0.4, -0.2) is 39.2 Å². The molecule has 0 saturated heterocycles. The lowest BCUT2D eigenvalue weighted by Crippen LogP contribution is -2.30. The second-order valence-corrected chi connectivity index (χ2v) is 4.46. The highest BCUT2D eigenvalue weighted by molar-refractivity contribution is 5.80. The maximum Gasteiger partial charge on any atom is 0.239 e. The SMILES string of the molecule is CCCNC(=O)CNc1ccc(-n2cnnn2)c(C)c1. The van der Waals surface area contributed by atoms with E-state index < -0.39 is 0 Å². The van der Waals surface area contributed by atoms with E-state index in [-0.39, 0.29) is 12.5 Å². The first-order valence-corrected chi connectivity index (χ1v) is 6.55. The standard InChI is InChI=1S/C13H18N6O/c1-3-6-14-13(20)8-15-11-4-5-12(10(2)7-11)19-9-16-17-18-19/h4-5,7,9,15H,3,6,8H2,1-2H3,(H,14,20). The molecule has 1 aromatic carbocycles. The number of nitrogens with zero attached hydrogens (tertiary/aromatic N) is 4. The molecule has 106 valence electrons. The van der Waals surface area contributed by atoms with Crippen molar-refractivity contribution in [2.24, 2.45) is 0 Å². The Kier molecular flexibility index (Phi) is 4.65. The number of nitrogens with one attached hydrogen (secondary N) is 2. The van der Waals surface area contributed by atoms with Gasteiger partial charge in [-0.15, -0.1) is 5.10 Å². The molecule has 0 aliphatic rings. The van der Waals surface area contributed by atoms with E-state index in [0.29, 0.717) is 6.54 Å². The Morgan fingerprint density at radius 3 is 2.90 bits per heavy atom. The van der Waals surface area contributed by atoms with Crippen molar-refractivity contribution in [1.82, 2.24) is 25.5 Å². The summed E-state index contributed by atoms with van der Waals surface area (Å²) >= 11 is 0. The average Bonchev–Trinajstić information content (AvgIpc) is 2.97. The van der Waals surface area contributed by atoms with E-state index in [1.807, 2.05) is 32.0 Å². The van der Waals surface area contributed by atoms with Gasteiger partial charge in [0.05, 0.1) is 12.2 Å². The Hall–Kier alpha value is -2.44. The highest BCUT2D eigenvalue weighted by atomic mass is 16.1. The summed E-state index contributed by atoms with van der Waals surface area (Å²) in [5.74, 6) is -0.00550. The fourth-order valence-corrected chi connectivity index (χ4v) is 1.80. The summed E-state index contributed by atoms with van der Waals surface area (Å²) in [6, 6.07) is 5.78. The summed E-state index contributed by atoms with van der Waals surface area (Å²) in [7, 11) is 0. The molecule has 0 fully saturated rings. The summed E-state index contributed by atoms with van der Waals surface area (Å²) in [6.07, 6.45) is 2.49. The first-order chi connectivity index (χ1) is 9.70. The van der Waals surface area contributed by atoms with Gasteiger partial charge in [0.25, 0.3) is 0 Å². The van der Waals surface area contributed by atoms with Crippen LogP contribution in [0.25, 0.3) is 5.69 Å². The van der Waals surface area contributed by atoms with Gasteiger partial charge in [0.1, 0.15) is 6.33 Å². The van der Waals surface area contributed by atoms with Crippen molar-refractivity contribution in [3.63, 3.8) is 0 Å². The molecule has 2 N–H and O–H groups in total. The Bertz CT molecular complexity index is 566. The van der Waals surface area contributed by atoms with Crippen LogP contribution >= 0.6 is 0 Å². The molecule has 20 heavy (non-hydrogen) atoms. The Morgan fingerprint density at radius 1 is 1.40 bits per heavy atom. The van der Waals surface area contributed by atoms with Crippen molar-refractivity contribution in [1.29, 1.82) is 0 Å². The number of hydrogen-bond acceptors (Lipinski definition) is 5. The third kappa shape index (κ3) is 3.53. The number of carbonyl (C=O) groups is 1. The topological polar surface area (TPSA) is 84.7 Å². The van der Waals surface area contributed by atoms with Crippen molar-refractivity contribution >= 4 is 11.6 Å². The fourth-order valence-electron chi connectivity index (χ4n) is 1.80. The normalized spacial score (nSPS) is 10.3. The fraction of sp³-hybridized carbons (Fsp3) is 0.385. The molecule has 7 heteroatoms. The van der Waals surface area contributed by atoms with Crippen molar-refractivity contribution in [2.75, 3.05) is 18.4 Å². The number of tetrazole rings is 1. The summed E-state index contributed by atoms with van der Waals surface area (Å²) in [6.45, 7) is 4.97. The van der Waals surface area contributed by atoms with Gasteiger partial charge in [0.2, 0.25) is 5.91 Å². The van der Waals surface area contributed by atoms with Crippen molar-refractivity contribution < 1.29 is 4.79 Å². The molecule has 0 radical (unpaired) electrons. The van der Waals surface area contributed by atoms with Gasteiger partial charge >= 0.3 is 0 Å². The smallest absolute Gasteiger partial charge is 0.239 e. The first kappa shape index (κ1) is 14.0. The molecule has 0 bridgehead atoms. The molecule has 2 aromatic rings. The van der Waals surface area contributed by atoms with E-state index in [0.717, 1.165) is 23.4 Å². The third-order valence-electron chi connectivity index (χ3n) is 2.82. The van der Waals surface area contributed by atoms with Crippen LogP contribution in [0, 0.1) is 6.92 Å². The van der Waals surface area contributed by atoms with Crippen LogP contribution in [0.1, 0.15) is 18.9 Å². The van der Waals surface area contributed by atoms with Crippen molar-refractivity contribution in [2.45, 2.75) is 20.3 Å². The molecular weight excluding hydrogens is 256 g/mol. The predicted molar refractivity (Wildman–Crippen MR) is 75.7 cm³/mol. The van der Waals surface area contributed by atoms with Gasteiger partial charge in [0.15, 0.2) is 0 Å². The predicted octanol–water partition coefficient (Wildman–Crippen LogP) is 0.909. The molecule has 1 heterocycles. The molecule has 0 saturated carbocycles. The van der Waals surface area contributed by atoms with E-state index >= 15 is 0 Å². The number of anilines is 1. The van der Waals surface area contributed by atoms with Crippen LogP contribution in [-0.2, 0) is 4.79 Å². The molecule has 2 rings (SSSR count). The van der Waals surface area contributed by atoms with Crippen LogP contribution < -0.4 is 10.6 Å².